The molecule has 0 spiro atoms. The molecule has 2 atom stereocenters. The van der Waals surface area contributed by atoms with Crippen molar-refractivity contribution >= 4 is 12.4 Å². The molecular weight excluding hydrogens is 338 g/mol. The molecule has 0 aromatic heterocycles. The SMILES string of the molecule is Oc1ccc(F)cc1C=N[C@H]1CCCC[C@@H]1N=Cc1cc(F)ccc1O. The molecule has 2 aromatic carbocycles. The zero-order valence-corrected chi connectivity index (χ0v) is 14.1. The standard InChI is InChI=1S/C20H20F2N2O2/c21-15-5-7-19(25)13(9-15)11-23-17-3-1-2-4-18(17)24-12-14-10-16(22)6-8-20(14)26/h5-12,17-18,25-26H,1-4H2/t17-,18-/m0/s1. The van der Waals surface area contributed by atoms with Gasteiger partial charge in [0.25, 0.3) is 0 Å². The zero-order chi connectivity index (χ0) is 18.5. The average molecular weight is 358 g/mol. The van der Waals surface area contributed by atoms with Gasteiger partial charge in [-0.1, -0.05) is 12.8 Å². The van der Waals surface area contributed by atoms with Gasteiger partial charge in [0.15, 0.2) is 0 Å². The van der Waals surface area contributed by atoms with Gasteiger partial charge >= 0.3 is 0 Å². The lowest BCUT2D eigenvalue weighted by Gasteiger charge is -2.25. The van der Waals surface area contributed by atoms with Crippen molar-refractivity contribution in [2.75, 3.05) is 0 Å². The lowest BCUT2D eigenvalue weighted by Crippen LogP contribution is -2.27. The Morgan fingerprint density at radius 3 is 1.62 bits per heavy atom. The number of nitrogens with zero attached hydrogens (tertiary/aromatic N) is 2. The summed E-state index contributed by atoms with van der Waals surface area (Å²) in [7, 11) is 0. The Morgan fingerprint density at radius 1 is 0.769 bits per heavy atom. The predicted octanol–water partition coefficient (Wildman–Crippen LogP) is 4.23. The van der Waals surface area contributed by atoms with Crippen LogP contribution in [0.1, 0.15) is 36.8 Å². The Morgan fingerprint density at radius 2 is 1.19 bits per heavy atom. The first-order valence-corrected chi connectivity index (χ1v) is 8.56. The van der Waals surface area contributed by atoms with Crippen molar-refractivity contribution in [3.05, 3.63) is 59.2 Å². The number of phenols is 2. The second kappa shape index (κ2) is 8.08. The Hall–Kier alpha value is -2.76. The molecule has 2 N–H and O–H groups in total. The molecule has 6 heteroatoms. The second-order valence-corrected chi connectivity index (χ2v) is 6.38. The molecule has 0 saturated heterocycles. The van der Waals surface area contributed by atoms with E-state index in [1.165, 1.54) is 48.8 Å². The summed E-state index contributed by atoms with van der Waals surface area (Å²) in [5, 5.41) is 19.6. The van der Waals surface area contributed by atoms with Gasteiger partial charge < -0.3 is 10.2 Å². The van der Waals surface area contributed by atoms with Crippen molar-refractivity contribution in [2.24, 2.45) is 9.98 Å². The van der Waals surface area contributed by atoms with E-state index >= 15 is 0 Å². The third kappa shape index (κ3) is 4.45. The molecule has 0 unspecified atom stereocenters. The lowest BCUT2D eigenvalue weighted by molar-refractivity contribution is 0.390. The predicted molar refractivity (Wildman–Crippen MR) is 97.4 cm³/mol. The van der Waals surface area contributed by atoms with Crippen LogP contribution in [0.5, 0.6) is 11.5 Å². The van der Waals surface area contributed by atoms with Crippen molar-refractivity contribution in [3.63, 3.8) is 0 Å². The summed E-state index contributed by atoms with van der Waals surface area (Å²) in [6.45, 7) is 0. The second-order valence-electron chi connectivity index (χ2n) is 6.38. The molecule has 2 aromatic rings. The highest BCUT2D eigenvalue weighted by atomic mass is 19.1. The molecule has 0 bridgehead atoms. The van der Waals surface area contributed by atoms with Crippen LogP contribution in [0.15, 0.2) is 46.4 Å². The van der Waals surface area contributed by atoms with E-state index in [9.17, 15) is 19.0 Å². The van der Waals surface area contributed by atoms with E-state index in [1.54, 1.807) is 0 Å². The van der Waals surface area contributed by atoms with Gasteiger partial charge in [-0.3, -0.25) is 9.98 Å². The van der Waals surface area contributed by atoms with Crippen molar-refractivity contribution in [3.8, 4) is 11.5 Å². The molecule has 1 fully saturated rings. The van der Waals surface area contributed by atoms with Gasteiger partial charge in [0.05, 0.1) is 12.1 Å². The summed E-state index contributed by atoms with van der Waals surface area (Å²) in [4.78, 5) is 8.97. The van der Waals surface area contributed by atoms with Gasteiger partial charge in [-0.2, -0.15) is 0 Å². The molecule has 3 rings (SSSR count). The van der Waals surface area contributed by atoms with Gasteiger partial charge in [0.1, 0.15) is 23.1 Å². The van der Waals surface area contributed by atoms with Gasteiger partial charge in [0, 0.05) is 23.6 Å². The third-order valence-electron chi connectivity index (χ3n) is 4.48. The van der Waals surface area contributed by atoms with Gasteiger partial charge in [-0.05, 0) is 49.2 Å². The maximum Gasteiger partial charge on any atom is 0.124 e. The van der Waals surface area contributed by atoms with E-state index in [2.05, 4.69) is 9.98 Å². The van der Waals surface area contributed by atoms with Crippen molar-refractivity contribution in [2.45, 2.75) is 37.8 Å². The van der Waals surface area contributed by atoms with E-state index < -0.39 is 11.6 Å². The van der Waals surface area contributed by atoms with Crippen LogP contribution < -0.4 is 0 Å². The molecule has 4 nitrogen and oxygen atoms in total. The molecular formula is C20H20F2N2O2. The molecule has 0 heterocycles. The zero-order valence-electron chi connectivity index (χ0n) is 14.1. The molecule has 0 aliphatic heterocycles. The molecule has 1 saturated carbocycles. The number of phenolic OH excluding ortho intramolecular Hbond substituents is 2. The molecule has 0 radical (unpaired) electrons. The fourth-order valence-electron chi connectivity index (χ4n) is 3.05. The van der Waals surface area contributed by atoms with Crippen LogP contribution in [-0.4, -0.2) is 34.7 Å². The smallest absolute Gasteiger partial charge is 0.124 e. The molecule has 1 aliphatic rings. The molecule has 26 heavy (non-hydrogen) atoms. The quantitative estimate of drug-likeness (QED) is 0.804. The summed E-state index contributed by atoms with van der Waals surface area (Å²) in [6, 6.07) is 7.18. The minimum Gasteiger partial charge on any atom is -0.507 e. The van der Waals surface area contributed by atoms with Crippen LogP contribution in [0, 0.1) is 11.6 Å². The summed E-state index contributed by atoms with van der Waals surface area (Å²) in [5.74, 6) is -0.945. The number of aliphatic imine (C=N–C) groups is 2. The highest BCUT2D eigenvalue weighted by Crippen LogP contribution is 2.25. The van der Waals surface area contributed by atoms with Gasteiger partial charge in [-0.25, -0.2) is 8.78 Å². The van der Waals surface area contributed by atoms with Crippen LogP contribution >= 0.6 is 0 Å². The van der Waals surface area contributed by atoms with E-state index in [-0.39, 0.29) is 23.6 Å². The highest BCUT2D eigenvalue weighted by molar-refractivity contribution is 5.84. The summed E-state index contributed by atoms with van der Waals surface area (Å²) in [6.07, 6.45) is 6.60. The van der Waals surface area contributed by atoms with Crippen LogP contribution in [0.4, 0.5) is 8.78 Å². The summed E-state index contributed by atoms with van der Waals surface area (Å²) < 4.78 is 26.6. The number of halogens is 2. The normalized spacial score (nSPS) is 20.8. The topological polar surface area (TPSA) is 65.2 Å². The van der Waals surface area contributed by atoms with Crippen LogP contribution in [0.25, 0.3) is 0 Å². The largest absolute Gasteiger partial charge is 0.507 e. The van der Waals surface area contributed by atoms with E-state index in [0.29, 0.717) is 11.1 Å². The molecule has 136 valence electrons. The molecule has 1 aliphatic carbocycles. The average Bonchev–Trinajstić information content (AvgIpc) is 2.64. The fraction of sp³-hybridized carbons (Fsp3) is 0.300. The first-order chi connectivity index (χ1) is 12.5. The summed E-state index contributed by atoms with van der Waals surface area (Å²) in [5.41, 5.74) is 0.641. The maximum absolute atomic E-state index is 13.3. The lowest BCUT2D eigenvalue weighted by atomic mass is 9.91. The van der Waals surface area contributed by atoms with E-state index in [0.717, 1.165) is 25.7 Å². The van der Waals surface area contributed by atoms with Gasteiger partial charge in [0.2, 0.25) is 0 Å². The highest BCUT2D eigenvalue weighted by Gasteiger charge is 2.23. The Labute approximate surface area is 150 Å². The number of rotatable bonds is 4. The maximum atomic E-state index is 13.3. The summed E-state index contributed by atoms with van der Waals surface area (Å²) >= 11 is 0. The van der Waals surface area contributed by atoms with Crippen molar-refractivity contribution in [1.82, 2.24) is 0 Å². The Bertz CT molecular complexity index is 767. The Kier molecular flexibility index (Phi) is 5.61. The number of aromatic hydroxyl groups is 2. The fourth-order valence-corrected chi connectivity index (χ4v) is 3.05. The van der Waals surface area contributed by atoms with Gasteiger partial charge in [-0.15, -0.1) is 0 Å². The van der Waals surface area contributed by atoms with Crippen molar-refractivity contribution in [1.29, 1.82) is 0 Å². The van der Waals surface area contributed by atoms with Crippen LogP contribution in [-0.2, 0) is 0 Å². The van der Waals surface area contributed by atoms with Crippen molar-refractivity contribution < 1.29 is 19.0 Å². The van der Waals surface area contributed by atoms with E-state index in [4.69, 9.17) is 0 Å². The third-order valence-corrected chi connectivity index (χ3v) is 4.48. The minimum absolute atomic E-state index is 0.0318. The van der Waals surface area contributed by atoms with Crippen LogP contribution in [0.3, 0.4) is 0 Å². The molecule has 0 amide bonds. The Balaban J connectivity index is 1.77. The van der Waals surface area contributed by atoms with Crippen LogP contribution in [0.2, 0.25) is 0 Å². The number of hydrogen-bond donors (Lipinski definition) is 2. The number of benzene rings is 2. The monoisotopic (exact) mass is 358 g/mol. The minimum atomic E-state index is -0.441. The first-order valence-electron chi connectivity index (χ1n) is 8.56. The first kappa shape index (κ1) is 18.0. The number of hydrogen-bond acceptors (Lipinski definition) is 4. The van der Waals surface area contributed by atoms with E-state index in [1.807, 2.05) is 0 Å².